The molecule has 1 N–H and O–H groups in total. The van der Waals surface area contributed by atoms with E-state index in [1.54, 1.807) is 42.5 Å². The molecule has 0 bridgehead atoms. The SMILES string of the molecule is CCCN1C(=O)C(=O)/C(=C(\O)c2ccc(OCc3ccccc3)c(C)c2)C1c1ccc(Cl)cc1. The fourth-order valence-electron chi connectivity index (χ4n) is 4.19. The fraction of sp³-hybridized carbons (Fsp3) is 0.214. The molecule has 5 nitrogen and oxygen atoms in total. The number of amides is 1. The molecule has 6 heteroatoms. The highest BCUT2D eigenvalue weighted by Crippen LogP contribution is 2.40. The summed E-state index contributed by atoms with van der Waals surface area (Å²) in [5, 5.41) is 11.8. The number of hydrogen-bond donors (Lipinski definition) is 1. The molecule has 4 rings (SSSR count). The molecule has 1 heterocycles. The van der Waals surface area contributed by atoms with Gasteiger partial charge in [-0.3, -0.25) is 9.59 Å². The van der Waals surface area contributed by atoms with Crippen molar-refractivity contribution in [2.24, 2.45) is 0 Å². The first-order valence-electron chi connectivity index (χ1n) is 11.2. The van der Waals surface area contributed by atoms with Gasteiger partial charge in [-0.25, -0.2) is 0 Å². The van der Waals surface area contributed by atoms with Crippen LogP contribution in [-0.4, -0.2) is 28.2 Å². The van der Waals surface area contributed by atoms with Crippen LogP contribution in [-0.2, 0) is 16.2 Å². The van der Waals surface area contributed by atoms with E-state index in [0.717, 1.165) is 16.7 Å². The molecule has 1 aliphatic heterocycles. The summed E-state index contributed by atoms with van der Waals surface area (Å²) in [6, 6.07) is 21.4. The lowest BCUT2D eigenvalue weighted by atomic mass is 9.94. The van der Waals surface area contributed by atoms with E-state index in [1.807, 2.05) is 44.2 Å². The van der Waals surface area contributed by atoms with Crippen LogP contribution >= 0.6 is 11.6 Å². The third-order valence-corrected chi connectivity index (χ3v) is 6.13. The molecule has 3 aromatic carbocycles. The molecule has 174 valence electrons. The summed E-state index contributed by atoms with van der Waals surface area (Å²) >= 11 is 6.04. The van der Waals surface area contributed by atoms with Crippen molar-refractivity contribution in [3.63, 3.8) is 0 Å². The van der Waals surface area contributed by atoms with Gasteiger partial charge in [0.25, 0.3) is 11.7 Å². The highest BCUT2D eigenvalue weighted by Gasteiger charge is 2.45. The molecule has 1 unspecified atom stereocenters. The number of aryl methyl sites for hydroxylation is 1. The Kier molecular flexibility index (Phi) is 7.03. The lowest BCUT2D eigenvalue weighted by Gasteiger charge is -2.25. The third kappa shape index (κ3) is 4.70. The molecule has 1 atom stereocenters. The smallest absolute Gasteiger partial charge is 0.295 e. The lowest BCUT2D eigenvalue weighted by Crippen LogP contribution is -2.30. The van der Waals surface area contributed by atoms with Crippen molar-refractivity contribution in [2.45, 2.75) is 32.9 Å². The molecule has 1 aliphatic rings. The zero-order valence-electron chi connectivity index (χ0n) is 19.1. The number of rotatable bonds is 7. The molecule has 0 aromatic heterocycles. The number of benzene rings is 3. The quantitative estimate of drug-likeness (QED) is 0.256. The average Bonchev–Trinajstić information content (AvgIpc) is 3.09. The van der Waals surface area contributed by atoms with Gasteiger partial charge in [-0.15, -0.1) is 0 Å². The van der Waals surface area contributed by atoms with Gasteiger partial charge in [-0.05, 0) is 60.4 Å². The minimum Gasteiger partial charge on any atom is -0.507 e. The minimum absolute atomic E-state index is 0.0816. The lowest BCUT2D eigenvalue weighted by molar-refractivity contribution is -0.139. The van der Waals surface area contributed by atoms with E-state index < -0.39 is 17.7 Å². The summed E-state index contributed by atoms with van der Waals surface area (Å²) in [5.74, 6) is -0.813. The molecule has 3 aromatic rings. The van der Waals surface area contributed by atoms with E-state index >= 15 is 0 Å². The second-order valence-electron chi connectivity index (χ2n) is 8.30. The highest BCUT2D eigenvalue weighted by atomic mass is 35.5. The van der Waals surface area contributed by atoms with Crippen LogP contribution < -0.4 is 4.74 Å². The van der Waals surface area contributed by atoms with E-state index in [1.165, 1.54) is 4.90 Å². The Morgan fingerprint density at radius 3 is 2.38 bits per heavy atom. The second-order valence-corrected chi connectivity index (χ2v) is 8.74. The first kappa shape index (κ1) is 23.6. The molecule has 0 radical (unpaired) electrons. The van der Waals surface area contributed by atoms with Gasteiger partial charge in [0.2, 0.25) is 0 Å². The normalized spacial score (nSPS) is 17.3. The van der Waals surface area contributed by atoms with Crippen LogP contribution in [0.5, 0.6) is 5.75 Å². The van der Waals surface area contributed by atoms with Crippen LogP contribution in [0.4, 0.5) is 0 Å². The molecule has 1 fully saturated rings. The Morgan fingerprint density at radius 2 is 1.74 bits per heavy atom. The van der Waals surface area contributed by atoms with Crippen molar-refractivity contribution < 1.29 is 19.4 Å². The van der Waals surface area contributed by atoms with Crippen LogP contribution in [0.2, 0.25) is 5.02 Å². The van der Waals surface area contributed by atoms with Crippen LogP contribution in [0.25, 0.3) is 5.76 Å². The topological polar surface area (TPSA) is 66.8 Å². The number of carbonyl (C=O) groups is 2. The Morgan fingerprint density at radius 1 is 1.03 bits per heavy atom. The van der Waals surface area contributed by atoms with Gasteiger partial charge in [0.15, 0.2) is 0 Å². The zero-order chi connectivity index (χ0) is 24.2. The maximum Gasteiger partial charge on any atom is 0.295 e. The van der Waals surface area contributed by atoms with Gasteiger partial charge in [0.05, 0.1) is 11.6 Å². The van der Waals surface area contributed by atoms with Crippen LogP contribution in [0, 0.1) is 6.92 Å². The van der Waals surface area contributed by atoms with E-state index in [2.05, 4.69) is 0 Å². The van der Waals surface area contributed by atoms with Gasteiger partial charge in [0, 0.05) is 17.1 Å². The van der Waals surface area contributed by atoms with Gasteiger partial charge in [0.1, 0.15) is 18.1 Å². The largest absolute Gasteiger partial charge is 0.507 e. The van der Waals surface area contributed by atoms with E-state index in [0.29, 0.717) is 35.9 Å². The number of Topliss-reactive ketones (excluding diaryl/α,β-unsaturated/α-hetero) is 1. The monoisotopic (exact) mass is 475 g/mol. The Labute approximate surface area is 204 Å². The number of nitrogens with zero attached hydrogens (tertiary/aromatic N) is 1. The maximum atomic E-state index is 13.0. The standard InChI is InChI=1S/C28H26ClNO4/c1-3-15-30-25(20-9-12-22(29)13-10-20)24(27(32)28(30)33)26(31)21-11-14-23(18(2)16-21)34-17-19-7-5-4-6-8-19/h4-14,16,25,31H,3,15,17H2,1-2H3/b26-24-. The summed E-state index contributed by atoms with van der Waals surface area (Å²) < 4.78 is 5.93. The highest BCUT2D eigenvalue weighted by molar-refractivity contribution is 6.46. The number of likely N-dealkylation sites (tertiary alicyclic amines) is 1. The van der Waals surface area contributed by atoms with Gasteiger partial charge in [-0.1, -0.05) is 61.0 Å². The van der Waals surface area contributed by atoms with E-state index in [-0.39, 0.29) is 11.3 Å². The van der Waals surface area contributed by atoms with Crippen molar-refractivity contribution in [1.82, 2.24) is 4.90 Å². The number of aliphatic hydroxyl groups excluding tert-OH is 1. The van der Waals surface area contributed by atoms with Gasteiger partial charge < -0.3 is 14.7 Å². The number of hydrogen-bond acceptors (Lipinski definition) is 4. The number of ether oxygens (including phenoxy) is 1. The van der Waals surface area contributed by atoms with Crippen LogP contribution in [0.15, 0.2) is 78.4 Å². The average molecular weight is 476 g/mol. The van der Waals surface area contributed by atoms with Gasteiger partial charge in [-0.2, -0.15) is 0 Å². The molecular formula is C28H26ClNO4. The minimum atomic E-state index is -0.687. The molecule has 34 heavy (non-hydrogen) atoms. The zero-order valence-corrected chi connectivity index (χ0v) is 19.9. The summed E-state index contributed by atoms with van der Waals surface area (Å²) in [6.07, 6.45) is 0.684. The maximum absolute atomic E-state index is 13.0. The molecule has 0 spiro atoms. The summed E-state index contributed by atoms with van der Waals surface area (Å²) in [4.78, 5) is 27.3. The Balaban J connectivity index is 1.69. The second kappa shape index (κ2) is 10.1. The van der Waals surface area contributed by atoms with E-state index in [9.17, 15) is 14.7 Å². The summed E-state index contributed by atoms with van der Waals surface area (Å²) in [5.41, 5.74) is 3.12. The van der Waals surface area contributed by atoms with Crippen molar-refractivity contribution in [3.05, 3.63) is 106 Å². The molecule has 0 saturated carbocycles. The summed E-state index contributed by atoms with van der Waals surface area (Å²) in [7, 11) is 0. The van der Waals surface area contributed by atoms with Crippen LogP contribution in [0.3, 0.4) is 0 Å². The molecular weight excluding hydrogens is 450 g/mol. The van der Waals surface area contributed by atoms with Crippen molar-refractivity contribution in [3.8, 4) is 5.75 Å². The number of ketones is 1. The first-order valence-corrected chi connectivity index (χ1v) is 11.6. The van der Waals surface area contributed by atoms with Gasteiger partial charge >= 0.3 is 0 Å². The predicted molar refractivity (Wildman–Crippen MR) is 133 cm³/mol. The molecule has 1 saturated heterocycles. The van der Waals surface area contributed by atoms with Crippen molar-refractivity contribution >= 4 is 29.1 Å². The van der Waals surface area contributed by atoms with Crippen molar-refractivity contribution in [2.75, 3.05) is 6.54 Å². The third-order valence-electron chi connectivity index (χ3n) is 5.88. The number of halogens is 1. The number of aliphatic hydroxyl groups is 1. The number of carbonyl (C=O) groups excluding carboxylic acids is 2. The predicted octanol–water partition coefficient (Wildman–Crippen LogP) is 6.06. The Bertz CT molecular complexity index is 1240. The summed E-state index contributed by atoms with van der Waals surface area (Å²) in [6.45, 7) is 4.64. The molecule has 0 aliphatic carbocycles. The van der Waals surface area contributed by atoms with Crippen molar-refractivity contribution in [1.29, 1.82) is 0 Å². The van der Waals surface area contributed by atoms with E-state index in [4.69, 9.17) is 16.3 Å². The molecule has 1 amide bonds. The Hall–Kier alpha value is -3.57. The first-order chi connectivity index (χ1) is 16.4. The fourth-order valence-corrected chi connectivity index (χ4v) is 4.32. The van der Waals surface area contributed by atoms with Crippen LogP contribution in [0.1, 0.15) is 41.6 Å².